The van der Waals surface area contributed by atoms with Gasteiger partial charge in [0.2, 0.25) is 0 Å². The fourth-order valence-corrected chi connectivity index (χ4v) is 2.04. The SMILES string of the molecule is CC(C)N(C)C(C)(CCc1ccccc1)C(=O)O. The Morgan fingerprint density at radius 1 is 1.33 bits per heavy atom. The number of nitrogens with zero attached hydrogens (tertiary/aromatic N) is 1. The summed E-state index contributed by atoms with van der Waals surface area (Å²) < 4.78 is 0. The number of likely N-dealkylation sites (N-methyl/N-ethyl adjacent to an activating group) is 1. The second-order valence-corrected chi connectivity index (χ2v) is 5.27. The molecule has 1 rings (SSSR count). The number of hydrogen-bond donors (Lipinski definition) is 1. The van der Waals surface area contributed by atoms with Crippen LogP contribution in [0.3, 0.4) is 0 Å². The first-order valence-corrected chi connectivity index (χ1v) is 6.38. The molecule has 100 valence electrons. The smallest absolute Gasteiger partial charge is 0.323 e. The van der Waals surface area contributed by atoms with Crippen LogP contribution < -0.4 is 0 Å². The lowest BCUT2D eigenvalue weighted by molar-refractivity contribution is -0.151. The van der Waals surface area contributed by atoms with Gasteiger partial charge in [-0.05, 0) is 46.2 Å². The van der Waals surface area contributed by atoms with E-state index in [0.29, 0.717) is 6.42 Å². The van der Waals surface area contributed by atoms with Crippen molar-refractivity contribution < 1.29 is 9.90 Å². The molecule has 0 radical (unpaired) electrons. The van der Waals surface area contributed by atoms with Crippen LogP contribution in [0.1, 0.15) is 32.8 Å². The Labute approximate surface area is 109 Å². The van der Waals surface area contributed by atoms with Crippen LogP contribution in [0.25, 0.3) is 0 Å². The summed E-state index contributed by atoms with van der Waals surface area (Å²) in [5, 5.41) is 9.49. The third-order valence-corrected chi connectivity index (χ3v) is 3.76. The molecule has 0 saturated heterocycles. The normalized spacial score (nSPS) is 14.8. The maximum absolute atomic E-state index is 11.5. The van der Waals surface area contributed by atoms with E-state index in [1.165, 1.54) is 5.56 Å². The molecule has 1 atom stereocenters. The van der Waals surface area contributed by atoms with Crippen molar-refractivity contribution in [2.24, 2.45) is 0 Å². The average molecular weight is 249 g/mol. The summed E-state index contributed by atoms with van der Waals surface area (Å²) in [6, 6.07) is 10.2. The van der Waals surface area contributed by atoms with Gasteiger partial charge in [0.1, 0.15) is 5.54 Å². The molecule has 1 aromatic rings. The molecule has 0 saturated carbocycles. The van der Waals surface area contributed by atoms with E-state index in [4.69, 9.17) is 0 Å². The molecule has 0 aliphatic rings. The summed E-state index contributed by atoms with van der Waals surface area (Å²) in [7, 11) is 1.88. The predicted molar refractivity (Wildman–Crippen MR) is 73.7 cm³/mol. The number of carboxylic acids is 1. The van der Waals surface area contributed by atoms with Crippen molar-refractivity contribution in [2.45, 2.75) is 45.2 Å². The van der Waals surface area contributed by atoms with Crippen molar-refractivity contribution in [3.05, 3.63) is 35.9 Å². The highest BCUT2D eigenvalue weighted by molar-refractivity contribution is 5.78. The Bertz CT molecular complexity index is 389. The lowest BCUT2D eigenvalue weighted by atomic mass is 9.90. The number of rotatable bonds is 6. The van der Waals surface area contributed by atoms with Crippen LogP contribution in [0.2, 0.25) is 0 Å². The van der Waals surface area contributed by atoms with E-state index in [1.54, 1.807) is 6.92 Å². The molecule has 0 heterocycles. The molecule has 18 heavy (non-hydrogen) atoms. The van der Waals surface area contributed by atoms with Crippen molar-refractivity contribution in [2.75, 3.05) is 7.05 Å². The van der Waals surface area contributed by atoms with Gasteiger partial charge in [-0.3, -0.25) is 9.69 Å². The minimum Gasteiger partial charge on any atom is -0.480 e. The standard InChI is InChI=1S/C15H23NO2/c1-12(2)16(4)15(3,14(17)18)11-10-13-8-6-5-7-9-13/h5-9,12H,10-11H2,1-4H3,(H,17,18). The van der Waals surface area contributed by atoms with Crippen LogP contribution in [0.15, 0.2) is 30.3 Å². The molecule has 0 aromatic heterocycles. The molecular weight excluding hydrogens is 226 g/mol. The highest BCUT2D eigenvalue weighted by Gasteiger charge is 2.38. The topological polar surface area (TPSA) is 40.5 Å². The Morgan fingerprint density at radius 3 is 2.33 bits per heavy atom. The highest BCUT2D eigenvalue weighted by Crippen LogP contribution is 2.23. The first-order valence-electron chi connectivity index (χ1n) is 6.38. The van der Waals surface area contributed by atoms with Gasteiger partial charge in [-0.25, -0.2) is 0 Å². The van der Waals surface area contributed by atoms with E-state index in [2.05, 4.69) is 0 Å². The molecule has 1 aromatic carbocycles. The van der Waals surface area contributed by atoms with Gasteiger partial charge < -0.3 is 5.11 Å². The van der Waals surface area contributed by atoms with E-state index in [1.807, 2.05) is 56.1 Å². The Hall–Kier alpha value is -1.35. The molecular formula is C15H23NO2. The number of benzene rings is 1. The quantitative estimate of drug-likeness (QED) is 0.842. The number of carbonyl (C=O) groups is 1. The van der Waals surface area contributed by atoms with E-state index in [-0.39, 0.29) is 6.04 Å². The van der Waals surface area contributed by atoms with Gasteiger partial charge in [-0.1, -0.05) is 30.3 Å². The lowest BCUT2D eigenvalue weighted by Gasteiger charge is -2.38. The summed E-state index contributed by atoms with van der Waals surface area (Å²) in [5.41, 5.74) is 0.367. The minimum absolute atomic E-state index is 0.210. The molecule has 1 N–H and O–H groups in total. The van der Waals surface area contributed by atoms with Gasteiger partial charge >= 0.3 is 5.97 Å². The molecule has 0 fully saturated rings. The van der Waals surface area contributed by atoms with Gasteiger partial charge in [0.25, 0.3) is 0 Å². The van der Waals surface area contributed by atoms with Crippen LogP contribution in [0.5, 0.6) is 0 Å². The van der Waals surface area contributed by atoms with Gasteiger partial charge in [0.15, 0.2) is 0 Å². The second-order valence-electron chi connectivity index (χ2n) is 5.27. The van der Waals surface area contributed by atoms with Crippen LogP contribution >= 0.6 is 0 Å². The molecule has 0 amide bonds. The maximum Gasteiger partial charge on any atom is 0.323 e. The zero-order chi connectivity index (χ0) is 13.8. The van der Waals surface area contributed by atoms with E-state index in [9.17, 15) is 9.90 Å². The second kappa shape index (κ2) is 6.01. The van der Waals surface area contributed by atoms with Crippen molar-refractivity contribution >= 4 is 5.97 Å². The molecule has 3 nitrogen and oxygen atoms in total. The van der Waals surface area contributed by atoms with E-state index < -0.39 is 11.5 Å². The third-order valence-electron chi connectivity index (χ3n) is 3.76. The molecule has 0 bridgehead atoms. The Balaban J connectivity index is 2.78. The van der Waals surface area contributed by atoms with E-state index in [0.717, 1.165) is 6.42 Å². The molecule has 0 aliphatic heterocycles. The first kappa shape index (κ1) is 14.7. The van der Waals surface area contributed by atoms with Crippen LogP contribution in [-0.4, -0.2) is 34.6 Å². The highest BCUT2D eigenvalue weighted by atomic mass is 16.4. The third kappa shape index (κ3) is 3.33. The molecule has 0 aliphatic carbocycles. The van der Waals surface area contributed by atoms with Crippen LogP contribution in [0.4, 0.5) is 0 Å². The number of aliphatic carboxylic acids is 1. The Kier molecular flexibility index (Phi) is 4.91. The summed E-state index contributed by atoms with van der Waals surface area (Å²) in [5.74, 6) is -0.755. The first-order chi connectivity index (χ1) is 8.38. The van der Waals surface area contributed by atoms with Crippen molar-refractivity contribution in [3.8, 4) is 0 Å². The monoisotopic (exact) mass is 249 g/mol. The summed E-state index contributed by atoms with van der Waals surface area (Å²) in [6.07, 6.45) is 1.39. The van der Waals surface area contributed by atoms with Gasteiger partial charge in [0.05, 0.1) is 0 Å². The van der Waals surface area contributed by atoms with Crippen molar-refractivity contribution in [1.29, 1.82) is 0 Å². The van der Waals surface area contributed by atoms with Crippen molar-refractivity contribution in [3.63, 3.8) is 0 Å². The zero-order valence-electron chi connectivity index (χ0n) is 11.7. The minimum atomic E-state index is -0.815. The number of carboxylic acid groups (broad SMARTS) is 1. The van der Waals surface area contributed by atoms with Crippen LogP contribution in [0, 0.1) is 0 Å². The lowest BCUT2D eigenvalue weighted by Crippen LogP contribution is -2.53. The fourth-order valence-electron chi connectivity index (χ4n) is 2.04. The Morgan fingerprint density at radius 2 is 1.89 bits per heavy atom. The maximum atomic E-state index is 11.5. The zero-order valence-corrected chi connectivity index (χ0v) is 11.7. The summed E-state index contributed by atoms with van der Waals surface area (Å²) >= 11 is 0. The summed E-state index contributed by atoms with van der Waals surface area (Å²) in [6.45, 7) is 5.84. The molecule has 3 heteroatoms. The predicted octanol–water partition coefficient (Wildman–Crippen LogP) is 2.80. The fraction of sp³-hybridized carbons (Fsp3) is 0.533. The number of aryl methyl sites for hydroxylation is 1. The van der Waals surface area contributed by atoms with Gasteiger partial charge in [-0.2, -0.15) is 0 Å². The van der Waals surface area contributed by atoms with Crippen LogP contribution in [-0.2, 0) is 11.2 Å². The van der Waals surface area contributed by atoms with Gasteiger partial charge in [0, 0.05) is 6.04 Å². The average Bonchev–Trinajstić information content (AvgIpc) is 2.35. The molecule has 0 spiro atoms. The largest absolute Gasteiger partial charge is 0.480 e. The van der Waals surface area contributed by atoms with Gasteiger partial charge in [-0.15, -0.1) is 0 Å². The molecule has 1 unspecified atom stereocenters. The van der Waals surface area contributed by atoms with Crippen molar-refractivity contribution in [1.82, 2.24) is 4.90 Å². The number of hydrogen-bond acceptors (Lipinski definition) is 2. The summed E-state index contributed by atoms with van der Waals surface area (Å²) in [4.78, 5) is 13.5. The van der Waals surface area contributed by atoms with E-state index >= 15 is 0 Å².